The summed E-state index contributed by atoms with van der Waals surface area (Å²) in [6.07, 6.45) is 0. The zero-order valence-electron chi connectivity index (χ0n) is 18.9. The summed E-state index contributed by atoms with van der Waals surface area (Å²) in [7, 11) is 1.62. The molecule has 3 aromatic rings. The van der Waals surface area contributed by atoms with E-state index >= 15 is 0 Å². The average molecular weight is 450 g/mol. The van der Waals surface area contributed by atoms with Crippen LogP contribution < -0.4 is 10.1 Å². The van der Waals surface area contributed by atoms with Crippen molar-refractivity contribution in [2.75, 3.05) is 12.9 Å². The minimum absolute atomic E-state index is 0.0164. The van der Waals surface area contributed by atoms with Gasteiger partial charge in [-0.1, -0.05) is 49.4 Å². The lowest BCUT2D eigenvalue weighted by Gasteiger charge is -2.27. The summed E-state index contributed by atoms with van der Waals surface area (Å²) in [4.78, 5) is 12.6. The fourth-order valence-corrected chi connectivity index (χ4v) is 3.81. The van der Waals surface area contributed by atoms with Crippen LogP contribution >= 0.6 is 11.8 Å². The molecule has 1 N–H and O–H groups in total. The lowest BCUT2D eigenvalue weighted by Crippen LogP contribution is -2.49. The number of nitriles is 1. The Kier molecular flexibility index (Phi) is 7.21. The highest BCUT2D eigenvalue weighted by molar-refractivity contribution is 7.99. The normalized spacial score (nSPS) is 12.8. The molecule has 0 aliphatic rings. The lowest BCUT2D eigenvalue weighted by atomic mass is 9.90. The van der Waals surface area contributed by atoms with E-state index in [0.717, 1.165) is 22.6 Å². The zero-order valence-corrected chi connectivity index (χ0v) is 19.7. The van der Waals surface area contributed by atoms with Gasteiger partial charge in [0.1, 0.15) is 11.3 Å². The van der Waals surface area contributed by atoms with Gasteiger partial charge in [-0.05, 0) is 50.1 Å². The predicted octanol–water partition coefficient (Wildman–Crippen LogP) is 4.40. The number of amides is 1. The van der Waals surface area contributed by atoms with Crippen molar-refractivity contribution in [2.24, 2.45) is 5.92 Å². The standard InChI is InChI=1S/C24H27N5O2S/c1-16(2)24(4,15-25)26-21(30)14-32-23-28-27-22(18-8-6-7-17(3)13-18)29(23)19-9-11-20(31-5)12-10-19/h6-13,16H,14H2,1-5H3,(H,26,30). The summed E-state index contributed by atoms with van der Waals surface area (Å²) >= 11 is 1.28. The van der Waals surface area contributed by atoms with Crippen LogP contribution in [0.25, 0.3) is 17.1 Å². The molecule has 1 heterocycles. The number of hydrogen-bond donors (Lipinski definition) is 1. The van der Waals surface area contributed by atoms with Gasteiger partial charge in [0.15, 0.2) is 11.0 Å². The molecule has 0 saturated heterocycles. The van der Waals surface area contributed by atoms with Crippen molar-refractivity contribution < 1.29 is 9.53 Å². The first-order chi connectivity index (χ1) is 15.3. The summed E-state index contributed by atoms with van der Waals surface area (Å²) in [5, 5.41) is 21.7. The highest BCUT2D eigenvalue weighted by Crippen LogP contribution is 2.29. The largest absolute Gasteiger partial charge is 0.497 e. The van der Waals surface area contributed by atoms with E-state index in [1.165, 1.54) is 11.8 Å². The summed E-state index contributed by atoms with van der Waals surface area (Å²) in [5.41, 5.74) is 1.99. The van der Waals surface area contributed by atoms with Gasteiger partial charge in [0.05, 0.1) is 18.9 Å². The maximum atomic E-state index is 12.6. The minimum atomic E-state index is -0.923. The van der Waals surface area contributed by atoms with Gasteiger partial charge >= 0.3 is 0 Å². The molecular formula is C24H27N5O2S. The van der Waals surface area contributed by atoms with Gasteiger partial charge in [0.25, 0.3) is 0 Å². The molecule has 0 bridgehead atoms. The highest BCUT2D eigenvalue weighted by Gasteiger charge is 2.30. The van der Waals surface area contributed by atoms with E-state index in [2.05, 4.69) is 21.6 Å². The number of rotatable bonds is 8. The number of ether oxygens (including phenoxy) is 1. The number of methoxy groups -OCH3 is 1. The van der Waals surface area contributed by atoms with Crippen LogP contribution in [0.4, 0.5) is 0 Å². The molecule has 0 aliphatic carbocycles. The van der Waals surface area contributed by atoms with Crippen molar-refractivity contribution in [2.45, 2.75) is 38.4 Å². The van der Waals surface area contributed by atoms with Crippen LogP contribution in [0.5, 0.6) is 5.75 Å². The van der Waals surface area contributed by atoms with E-state index in [4.69, 9.17) is 4.74 Å². The number of nitrogens with zero attached hydrogens (tertiary/aromatic N) is 4. The van der Waals surface area contributed by atoms with Gasteiger partial charge in [-0.15, -0.1) is 10.2 Å². The molecule has 2 aromatic carbocycles. The second-order valence-electron chi connectivity index (χ2n) is 8.01. The number of benzene rings is 2. The number of carbonyl (C=O) groups is 1. The van der Waals surface area contributed by atoms with Gasteiger partial charge in [-0.3, -0.25) is 9.36 Å². The number of aryl methyl sites for hydroxylation is 1. The third-order valence-corrected chi connectivity index (χ3v) is 6.29. The molecule has 8 heteroatoms. The third kappa shape index (κ3) is 5.11. The topological polar surface area (TPSA) is 92.8 Å². The minimum Gasteiger partial charge on any atom is -0.497 e. The van der Waals surface area contributed by atoms with Crippen LogP contribution in [0.15, 0.2) is 53.7 Å². The Bertz CT molecular complexity index is 1130. The van der Waals surface area contributed by atoms with Crippen molar-refractivity contribution in [1.29, 1.82) is 5.26 Å². The maximum absolute atomic E-state index is 12.6. The Balaban J connectivity index is 1.92. The molecule has 1 unspecified atom stereocenters. The molecule has 0 spiro atoms. The van der Waals surface area contributed by atoms with Crippen molar-refractivity contribution in [3.8, 4) is 28.9 Å². The molecular weight excluding hydrogens is 422 g/mol. The fraction of sp³-hybridized carbons (Fsp3) is 0.333. The lowest BCUT2D eigenvalue weighted by molar-refractivity contribution is -0.120. The van der Waals surface area contributed by atoms with Crippen molar-refractivity contribution in [3.63, 3.8) is 0 Å². The third-order valence-electron chi connectivity index (χ3n) is 5.36. The van der Waals surface area contributed by atoms with Crippen molar-refractivity contribution in [3.05, 3.63) is 54.1 Å². The molecule has 0 aliphatic heterocycles. The van der Waals surface area contributed by atoms with Gasteiger partial charge in [-0.2, -0.15) is 5.26 Å². The Morgan fingerprint density at radius 2 is 1.97 bits per heavy atom. The first-order valence-electron chi connectivity index (χ1n) is 10.3. The van der Waals surface area contributed by atoms with Crippen molar-refractivity contribution in [1.82, 2.24) is 20.1 Å². The second-order valence-corrected chi connectivity index (χ2v) is 8.96. The van der Waals surface area contributed by atoms with E-state index in [0.29, 0.717) is 11.0 Å². The first kappa shape index (κ1) is 23.4. The predicted molar refractivity (Wildman–Crippen MR) is 126 cm³/mol. The zero-order chi connectivity index (χ0) is 23.3. The average Bonchev–Trinajstić information content (AvgIpc) is 3.21. The van der Waals surface area contributed by atoms with Gasteiger partial charge in [0.2, 0.25) is 5.91 Å². The molecule has 0 saturated carbocycles. The summed E-state index contributed by atoms with van der Waals surface area (Å²) in [5.74, 6) is 1.31. The molecule has 166 valence electrons. The maximum Gasteiger partial charge on any atom is 0.231 e. The van der Waals surface area contributed by atoms with Crippen LogP contribution in [0.3, 0.4) is 0 Å². The Labute approximate surface area is 192 Å². The number of thioether (sulfide) groups is 1. The molecule has 1 amide bonds. The summed E-state index contributed by atoms with van der Waals surface area (Å²) < 4.78 is 7.21. The van der Waals surface area contributed by atoms with Gasteiger partial charge < -0.3 is 10.1 Å². The molecule has 0 radical (unpaired) electrons. The number of carbonyl (C=O) groups excluding carboxylic acids is 1. The summed E-state index contributed by atoms with van der Waals surface area (Å²) in [6, 6.07) is 17.8. The van der Waals surface area contributed by atoms with E-state index < -0.39 is 5.54 Å². The highest BCUT2D eigenvalue weighted by atomic mass is 32.2. The van der Waals surface area contributed by atoms with E-state index in [1.807, 2.05) is 73.9 Å². The van der Waals surface area contributed by atoms with E-state index in [9.17, 15) is 10.1 Å². The molecule has 1 aromatic heterocycles. The van der Waals surface area contributed by atoms with E-state index in [-0.39, 0.29) is 17.6 Å². The fourth-order valence-electron chi connectivity index (χ4n) is 3.06. The van der Waals surface area contributed by atoms with Gasteiger partial charge in [0, 0.05) is 11.3 Å². The molecule has 0 fully saturated rings. The molecule has 3 rings (SSSR count). The Hall–Kier alpha value is -3.31. The monoisotopic (exact) mass is 449 g/mol. The van der Waals surface area contributed by atoms with Crippen LogP contribution in [-0.2, 0) is 4.79 Å². The van der Waals surface area contributed by atoms with Crippen LogP contribution in [0.1, 0.15) is 26.3 Å². The summed E-state index contributed by atoms with van der Waals surface area (Å²) in [6.45, 7) is 7.57. The SMILES string of the molecule is COc1ccc(-n2c(SCC(=O)NC(C)(C#N)C(C)C)nnc2-c2cccc(C)c2)cc1. The van der Waals surface area contributed by atoms with Crippen LogP contribution in [0, 0.1) is 24.2 Å². The Morgan fingerprint density at radius 3 is 2.56 bits per heavy atom. The van der Waals surface area contributed by atoms with Gasteiger partial charge in [-0.25, -0.2) is 0 Å². The second kappa shape index (κ2) is 9.88. The van der Waals surface area contributed by atoms with Crippen LogP contribution in [0.2, 0.25) is 0 Å². The quantitative estimate of drug-likeness (QED) is 0.513. The first-order valence-corrected chi connectivity index (χ1v) is 11.3. The Morgan fingerprint density at radius 1 is 1.25 bits per heavy atom. The van der Waals surface area contributed by atoms with E-state index in [1.54, 1.807) is 14.0 Å². The van der Waals surface area contributed by atoms with Crippen LogP contribution in [-0.4, -0.2) is 39.1 Å². The smallest absolute Gasteiger partial charge is 0.231 e. The molecule has 7 nitrogen and oxygen atoms in total. The number of hydrogen-bond acceptors (Lipinski definition) is 6. The van der Waals surface area contributed by atoms with Crippen molar-refractivity contribution >= 4 is 17.7 Å². The molecule has 1 atom stereocenters. The molecule has 32 heavy (non-hydrogen) atoms. The number of nitrogens with one attached hydrogen (secondary N) is 1. The number of aromatic nitrogens is 3.